The van der Waals surface area contributed by atoms with Crippen molar-refractivity contribution in [2.75, 3.05) is 19.6 Å². The number of nitrogens with zero attached hydrogens (tertiary/aromatic N) is 2. The highest BCUT2D eigenvalue weighted by Crippen LogP contribution is 2.29. The monoisotopic (exact) mass is 251 g/mol. The molecule has 1 aliphatic carbocycles. The van der Waals surface area contributed by atoms with E-state index in [0.717, 1.165) is 12.6 Å². The average Bonchev–Trinajstić information content (AvgIpc) is 2.88. The maximum Gasteiger partial charge on any atom is 0.0965 e. The van der Waals surface area contributed by atoms with Crippen LogP contribution in [0.3, 0.4) is 0 Å². The van der Waals surface area contributed by atoms with E-state index in [9.17, 15) is 0 Å². The first-order valence-corrected chi connectivity index (χ1v) is 7.57. The maximum atomic E-state index is 4.38. The topological polar surface area (TPSA) is 28.2 Å². The summed E-state index contributed by atoms with van der Waals surface area (Å²) in [7, 11) is 0. The van der Waals surface area contributed by atoms with Crippen molar-refractivity contribution in [1.82, 2.24) is 15.2 Å². The summed E-state index contributed by atoms with van der Waals surface area (Å²) in [5.74, 6) is 0.546. The maximum absolute atomic E-state index is 4.38. The number of thiazole rings is 1. The lowest BCUT2D eigenvalue weighted by molar-refractivity contribution is 0.317. The predicted molar refractivity (Wildman–Crippen MR) is 71.5 cm³/mol. The summed E-state index contributed by atoms with van der Waals surface area (Å²) < 4.78 is 0. The summed E-state index contributed by atoms with van der Waals surface area (Å²) in [6, 6.07) is 1.64. The van der Waals surface area contributed by atoms with E-state index in [0.29, 0.717) is 12.0 Å². The first-order valence-electron chi connectivity index (χ1n) is 6.70. The van der Waals surface area contributed by atoms with Crippen LogP contribution in [-0.2, 0) is 0 Å². The zero-order valence-corrected chi connectivity index (χ0v) is 11.2. The van der Waals surface area contributed by atoms with Crippen LogP contribution in [0.1, 0.15) is 37.1 Å². The third-order valence-electron chi connectivity index (χ3n) is 3.87. The lowest BCUT2D eigenvalue weighted by Crippen LogP contribution is -2.35. The molecule has 3 rings (SSSR count). The van der Waals surface area contributed by atoms with Crippen LogP contribution in [0.15, 0.2) is 11.6 Å². The molecule has 2 fully saturated rings. The van der Waals surface area contributed by atoms with Gasteiger partial charge < -0.3 is 5.32 Å². The highest BCUT2D eigenvalue weighted by Gasteiger charge is 2.34. The number of rotatable bonds is 5. The number of hydrogen-bond donors (Lipinski definition) is 1. The molecule has 0 spiro atoms. The minimum atomic E-state index is 0.546. The molecule has 1 aromatic heterocycles. The van der Waals surface area contributed by atoms with E-state index >= 15 is 0 Å². The van der Waals surface area contributed by atoms with Crippen molar-refractivity contribution in [1.29, 1.82) is 0 Å². The first-order chi connectivity index (χ1) is 8.33. The van der Waals surface area contributed by atoms with Crippen molar-refractivity contribution >= 4 is 11.3 Å². The molecule has 0 bridgehead atoms. The van der Waals surface area contributed by atoms with Gasteiger partial charge in [-0.1, -0.05) is 6.92 Å². The van der Waals surface area contributed by atoms with Gasteiger partial charge in [0.15, 0.2) is 0 Å². The molecule has 1 N–H and O–H groups in total. The van der Waals surface area contributed by atoms with Crippen LogP contribution in [0.25, 0.3) is 0 Å². The van der Waals surface area contributed by atoms with Gasteiger partial charge in [-0.2, -0.15) is 0 Å². The van der Waals surface area contributed by atoms with Crippen molar-refractivity contribution in [2.24, 2.45) is 0 Å². The van der Waals surface area contributed by atoms with Crippen LogP contribution in [0, 0.1) is 0 Å². The fourth-order valence-corrected chi connectivity index (χ4v) is 3.33. The fraction of sp³-hybridized carbons (Fsp3) is 0.769. The molecule has 1 aliphatic heterocycles. The third-order valence-corrected chi connectivity index (χ3v) is 4.88. The van der Waals surface area contributed by atoms with Crippen LogP contribution in [0.2, 0.25) is 0 Å². The SMILES string of the molecule is CC(CNC1CCN(C2CC2)C1)c1nccs1. The van der Waals surface area contributed by atoms with Crippen molar-refractivity contribution < 1.29 is 0 Å². The van der Waals surface area contributed by atoms with E-state index in [1.165, 1.54) is 37.4 Å². The summed E-state index contributed by atoms with van der Waals surface area (Å²) in [6.07, 6.45) is 6.09. The van der Waals surface area contributed by atoms with Crippen LogP contribution in [0.4, 0.5) is 0 Å². The summed E-state index contributed by atoms with van der Waals surface area (Å²) in [5.41, 5.74) is 0. The van der Waals surface area contributed by atoms with Gasteiger partial charge in [0.25, 0.3) is 0 Å². The standard InChI is InChI=1S/C13H21N3S/c1-10(13-14-5-7-17-13)8-15-11-4-6-16(9-11)12-2-3-12/h5,7,10-12,15H,2-4,6,8-9H2,1H3. The first kappa shape index (κ1) is 11.6. The lowest BCUT2D eigenvalue weighted by atomic mass is 10.1. The molecule has 1 aromatic rings. The van der Waals surface area contributed by atoms with Gasteiger partial charge >= 0.3 is 0 Å². The Labute approximate surface area is 107 Å². The van der Waals surface area contributed by atoms with Gasteiger partial charge in [0.1, 0.15) is 0 Å². The van der Waals surface area contributed by atoms with Gasteiger partial charge in [0, 0.05) is 49.2 Å². The van der Waals surface area contributed by atoms with Gasteiger partial charge in [-0.15, -0.1) is 11.3 Å². The molecule has 3 nitrogen and oxygen atoms in total. The molecule has 2 heterocycles. The van der Waals surface area contributed by atoms with E-state index in [-0.39, 0.29) is 0 Å². The average molecular weight is 251 g/mol. The predicted octanol–water partition coefficient (Wildman–Crippen LogP) is 2.07. The van der Waals surface area contributed by atoms with Crippen molar-refractivity contribution in [3.05, 3.63) is 16.6 Å². The Hall–Kier alpha value is -0.450. The molecule has 1 saturated heterocycles. The molecular formula is C13H21N3S. The number of nitrogens with one attached hydrogen (secondary N) is 1. The van der Waals surface area contributed by atoms with Crippen LogP contribution in [-0.4, -0.2) is 41.6 Å². The van der Waals surface area contributed by atoms with Crippen molar-refractivity contribution in [3.8, 4) is 0 Å². The van der Waals surface area contributed by atoms with E-state index in [1.807, 2.05) is 6.20 Å². The van der Waals surface area contributed by atoms with Gasteiger partial charge in [-0.3, -0.25) is 4.90 Å². The molecule has 4 heteroatoms. The Kier molecular flexibility index (Phi) is 3.45. The smallest absolute Gasteiger partial charge is 0.0965 e. The van der Waals surface area contributed by atoms with Gasteiger partial charge in [0.2, 0.25) is 0 Å². The summed E-state index contributed by atoms with van der Waals surface area (Å²) in [6.45, 7) is 5.89. The van der Waals surface area contributed by atoms with E-state index in [4.69, 9.17) is 0 Å². The van der Waals surface area contributed by atoms with Gasteiger partial charge in [0.05, 0.1) is 5.01 Å². The number of likely N-dealkylation sites (tertiary alicyclic amines) is 1. The Balaban J connectivity index is 1.42. The Morgan fingerprint density at radius 1 is 1.53 bits per heavy atom. The normalized spacial score (nSPS) is 27.5. The number of hydrogen-bond acceptors (Lipinski definition) is 4. The van der Waals surface area contributed by atoms with Crippen LogP contribution >= 0.6 is 11.3 Å². The molecule has 0 amide bonds. The van der Waals surface area contributed by atoms with Crippen LogP contribution < -0.4 is 5.32 Å². The largest absolute Gasteiger partial charge is 0.312 e. The zero-order chi connectivity index (χ0) is 11.7. The van der Waals surface area contributed by atoms with Crippen LogP contribution in [0.5, 0.6) is 0 Å². The van der Waals surface area contributed by atoms with Crippen molar-refractivity contribution in [3.63, 3.8) is 0 Å². The minimum absolute atomic E-state index is 0.546. The second-order valence-electron chi connectivity index (χ2n) is 5.39. The molecule has 17 heavy (non-hydrogen) atoms. The van der Waals surface area contributed by atoms with E-state index in [2.05, 4.69) is 27.5 Å². The molecule has 0 radical (unpaired) electrons. The molecule has 2 atom stereocenters. The number of aromatic nitrogens is 1. The van der Waals surface area contributed by atoms with Gasteiger partial charge in [-0.25, -0.2) is 4.98 Å². The zero-order valence-electron chi connectivity index (χ0n) is 10.4. The van der Waals surface area contributed by atoms with Crippen molar-refractivity contribution in [2.45, 2.75) is 44.2 Å². The Morgan fingerprint density at radius 3 is 3.12 bits per heavy atom. The Bertz CT molecular complexity index is 348. The quantitative estimate of drug-likeness (QED) is 0.868. The fourth-order valence-electron chi connectivity index (χ4n) is 2.63. The van der Waals surface area contributed by atoms with E-state index in [1.54, 1.807) is 11.3 Å². The Morgan fingerprint density at radius 2 is 2.41 bits per heavy atom. The van der Waals surface area contributed by atoms with E-state index < -0.39 is 0 Å². The highest BCUT2D eigenvalue weighted by atomic mass is 32.1. The summed E-state index contributed by atoms with van der Waals surface area (Å²) in [4.78, 5) is 7.04. The molecule has 1 saturated carbocycles. The molecule has 2 aliphatic rings. The third kappa shape index (κ3) is 2.87. The lowest BCUT2D eigenvalue weighted by Gasteiger charge is -2.17. The summed E-state index contributed by atoms with van der Waals surface area (Å²) >= 11 is 1.77. The summed E-state index contributed by atoms with van der Waals surface area (Å²) in [5, 5.41) is 7.03. The second kappa shape index (κ2) is 5.04. The molecular weight excluding hydrogens is 230 g/mol. The molecule has 0 aromatic carbocycles. The highest BCUT2D eigenvalue weighted by molar-refractivity contribution is 7.09. The molecule has 94 valence electrons. The van der Waals surface area contributed by atoms with Gasteiger partial charge in [-0.05, 0) is 19.3 Å². The second-order valence-corrected chi connectivity index (χ2v) is 6.32. The molecule has 2 unspecified atom stereocenters. The minimum Gasteiger partial charge on any atom is -0.312 e.